The summed E-state index contributed by atoms with van der Waals surface area (Å²) >= 11 is 3.36. The molecule has 0 heterocycles. The van der Waals surface area contributed by atoms with E-state index < -0.39 is 11.6 Å². The molecule has 1 unspecified atom stereocenters. The number of carboxylic acid groups (broad SMARTS) is 1. The van der Waals surface area contributed by atoms with Gasteiger partial charge in [-0.15, -0.1) is 0 Å². The van der Waals surface area contributed by atoms with Gasteiger partial charge in [0.05, 0.1) is 11.2 Å². The van der Waals surface area contributed by atoms with Crippen LogP contribution in [0.4, 0.5) is 0 Å². The number of rotatable bonds is 7. The van der Waals surface area contributed by atoms with Gasteiger partial charge in [-0.3, -0.25) is 0 Å². The molecule has 0 saturated carbocycles. The fourth-order valence-electron chi connectivity index (χ4n) is 2.03. The van der Waals surface area contributed by atoms with Gasteiger partial charge < -0.3 is 20.4 Å². The van der Waals surface area contributed by atoms with Gasteiger partial charge in [-0.05, 0) is 38.7 Å². The smallest absolute Gasteiger partial charge is 0.335 e. The summed E-state index contributed by atoms with van der Waals surface area (Å²) in [6.07, 6.45) is 0. The van der Waals surface area contributed by atoms with Gasteiger partial charge in [-0.2, -0.15) is 0 Å². The van der Waals surface area contributed by atoms with Gasteiger partial charge in [0.1, 0.15) is 0 Å². The Morgan fingerprint density at radius 3 is 2.60 bits per heavy atom. The van der Waals surface area contributed by atoms with Crippen molar-refractivity contribution in [3.05, 3.63) is 33.8 Å². The van der Waals surface area contributed by atoms with Gasteiger partial charge in [-0.1, -0.05) is 22.0 Å². The molecule has 1 rings (SSSR count). The lowest BCUT2D eigenvalue weighted by Crippen LogP contribution is -2.45. The molecule has 0 aliphatic rings. The molecule has 112 valence electrons. The third-order valence-corrected chi connectivity index (χ3v) is 3.52. The van der Waals surface area contributed by atoms with Gasteiger partial charge in [0.25, 0.3) is 0 Å². The van der Waals surface area contributed by atoms with Crippen LogP contribution in [-0.2, 0) is 6.54 Å². The van der Waals surface area contributed by atoms with Crippen LogP contribution < -0.4 is 5.32 Å². The van der Waals surface area contributed by atoms with E-state index in [2.05, 4.69) is 21.2 Å². The molecule has 1 aromatic carbocycles. The zero-order valence-electron chi connectivity index (χ0n) is 12.0. The highest BCUT2D eigenvalue weighted by Crippen LogP contribution is 2.19. The Labute approximate surface area is 127 Å². The minimum absolute atomic E-state index is 0.250. The number of benzene rings is 1. The van der Waals surface area contributed by atoms with E-state index in [-0.39, 0.29) is 5.56 Å². The fourth-order valence-corrected chi connectivity index (χ4v) is 2.55. The zero-order valence-corrected chi connectivity index (χ0v) is 13.6. The normalized spacial score (nSPS) is 14.3. The van der Waals surface area contributed by atoms with E-state index in [0.29, 0.717) is 19.6 Å². The van der Waals surface area contributed by atoms with Crippen LogP contribution in [-0.4, -0.2) is 53.9 Å². The average Bonchev–Trinajstić information content (AvgIpc) is 2.29. The van der Waals surface area contributed by atoms with Crippen LogP contribution in [0.2, 0.25) is 0 Å². The first-order valence-electron chi connectivity index (χ1n) is 6.31. The van der Waals surface area contributed by atoms with E-state index in [0.717, 1.165) is 10.0 Å². The minimum atomic E-state index is -0.945. The summed E-state index contributed by atoms with van der Waals surface area (Å²) < 4.78 is 0.747. The number of hydrogen-bond donors (Lipinski definition) is 3. The van der Waals surface area contributed by atoms with E-state index in [1.165, 1.54) is 0 Å². The number of hydrogen-bond acceptors (Lipinski definition) is 4. The monoisotopic (exact) mass is 344 g/mol. The highest BCUT2D eigenvalue weighted by molar-refractivity contribution is 9.10. The Morgan fingerprint density at radius 2 is 2.10 bits per heavy atom. The van der Waals surface area contributed by atoms with Crippen molar-refractivity contribution in [3.8, 4) is 0 Å². The van der Waals surface area contributed by atoms with Crippen molar-refractivity contribution in [1.29, 1.82) is 0 Å². The number of carbonyl (C=O) groups is 1. The molecule has 0 aliphatic heterocycles. The molecule has 3 N–H and O–H groups in total. The number of likely N-dealkylation sites (N-methyl/N-ethyl adjacent to an activating group) is 1. The number of nitrogens with zero attached hydrogens (tertiary/aromatic N) is 1. The maximum absolute atomic E-state index is 10.8. The van der Waals surface area contributed by atoms with E-state index in [9.17, 15) is 9.90 Å². The largest absolute Gasteiger partial charge is 0.478 e. The van der Waals surface area contributed by atoms with Crippen molar-refractivity contribution in [3.63, 3.8) is 0 Å². The molecule has 6 heteroatoms. The fraction of sp³-hybridized carbons (Fsp3) is 0.500. The molecule has 0 saturated heterocycles. The van der Waals surface area contributed by atoms with Crippen molar-refractivity contribution in [1.82, 2.24) is 10.2 Å². The Kier molecular flexibility index (Phi) is 6.13. The molecule has 1 atom stereocenters. The summed E-state index contributed by atoms with van der Waals surface area (Å²) in [5.41, 5.74) is 0.396. The molecule has 0 radical (unpaired) electrons. The number of aromatic carboxylic acids is 1. The summed E-state index contributed by atoms with van der Waals surface area (Å²) in [5.74, 6) is -0.945. The summed E-state index contributed by atoms with van der Waals surface area (Å²) in [6.45, 7) is 3.37. The highest BCUT2D eigenvalue weighted by atomic mass is 79.9. The third kappa shape index (κ3) is 5.58. The van der Waals surface area contributed by atoms with Crippen LogP contribution in [0.1, 0.15) is 22.8 Å². The van der Waals surface area contributed by atoms with E-state index in [1.807, 2.05) is 19.0 Å². The minimum Gasteiger partial charge on any atom is -0.478 e. The molecule has 0 aliphatic carbocycles. The first kappa shape index (κ1) is 17.1. The second-order valence-corrected chi connectivity index (χ2v) is 6.30. The molecular weight excluding hydrogens is 324 g/mol. The van der Waals surface area contributed by atoms with Gasteiger partial charge in [-0.25, -0.2) is 4.79 Å². The molecule has 0 spiro atoms. The van der Waals surface area contributed by atoms with Gasteiger partial charge in [0, 0.05) is 24.1 Å². The second-order valence-electron chi connectivity index (χ2n) is 5.45. The number of aliphatic hydroxyl groups is 1. The summed E-state index contributed by atoms with van der Waals surface area (Å²) in [6, 6.07) is 4.92. The van der Waals surface area contributed by atoms with Crippen LogP contribution in [0.5, 0.6) is 0 Å². The lowest BCUT2D eigenvalue weighted by atomic mass is 10.1. The van der Waals surface area contributed by atoms with Crippen LogP contribution in [0, 0.1) is 0 Å². The van der Waals surface area contributed by atoms with Gasteiger partial charge in [0.15, 0.2) is 0 Å². The Bertz CT molecular complexity index is 475. The van der Waals surface area contributed by atoms with Crippen molar-refractivity contribution >= 4 is 21.9 Å². The van der Waals surface area contributed by atoms with Crippen LogP contribution >= 0.6 is 15.9 Å². The average molecular weight is 345 g/mol. The first-order chi connectivity index (χ1) is 9.21. The standard InChI is InChI=1S/C14H21BrN2O3/c1-14(20,9-17(2)3)8-16-7-11-5-4-10(13(18)19)6-12(11)15/h4-6,16,20H,7-9H2,1-3H3,(H,18,19). The molecule has 1 aromatic rings. The third-order valence-electron chi connectivity index (χ3n) is 2.78. The Hall–Kier alpha value is -0.950. The quantitative estimate of drug-likeness (QED) is 0.699. The van der Waals surface area contributed by atoms with Gasteiger partial charge in [0.2, 0.25) is 0 Å². The highest BCUT2D eigenvalue weighted by Gasteiger charge is 2.20. The van der Waals surface area contributed by atoms with Crippen molar-refractivity contribution in [2.75, 3.05) is 27.2 Å². The van der Waals surface area contributed by atoms with Gasteiger partial charge >= 0.3 is 5.97 Å². The van der Waals surface area contributed by atoms with Crippen LogP contribution in [0.3, 0.4) is 0 Å². The van der Waals surface area contributed by atoms with E-state index in [4.69, 9.17) is 5.11 Å². The Balaban J connectivity index is 2.56. The second kappa shape index (κ2) is 7.17. The van der Waals surface area contributed by atoms with E-state index >= 15 is 0 Å². The van der Waals surface area contributed by atoms with Crippen molar-refractivity contribution in [2.45, 2.75) is 19.1 Å². The molecule has 5 nitrogen and oxygen atoms in total. The maximum atomic E-state index is 10.8. The summed E-state index contributed by atoms with van der Waals surface area (Å²) in [7, 11) is 3.82. The lowest BCUT2D eigenvalue weighted by Gasteiger charge is -2.27. The molecule has 0 aromatic heterocycles. The molecule has 0 bridgehead atoms. The molecule has 0 fully saturated rings. The summed E-state index contributed by atoms with van der Waals surface area (Å²) in [5, 5.41) is 22.2. The summed E-state index contributed by atoms with van der Waals surface area (Å²) in [4.78, 5) is 12.8. The van der Waals surface area contributed by atoms with Crippen LogP contribution in [0.15, 0.2) is 22.7 Å². The first-order valence-corrected chi connectivity index (χ1v) is 7.10. The Morgan fingerprint density at radius 1 is 1.45 bits per heavy atom. The SMILES string of the molecule is CN(C)CC(C)(O)CNCc1ccc(C(=O)O)cc1Br. The number of halogens is 1. The molecular formula is C14H21BrN2O3. The zero-order chi connectivity index (χ0) is 15.3. The molecule has 20 heavy (non-hydrogen) atoms. The number of nitrogens with one attached hydrogen (secondary N) is 1. The topological polar surface area (TPSA) is 72.8 Å². The predicted octanol–water partition coefficient (Wildman–Crippen LogP) is 1.55. The number of carboxylic acids is 1. The maximum Gasteiger partial charge on any atom is 0.335 e. The lowest BCUT2D eigenvalue weighted by molar-refractivity contribution is 0.0336. The van der Waals surface area contributed by atoms with Crippen LogP contribution in [0.25, 0.3) is 0 Å². The molecule has 0 amide bonds. The van der Waals surface area contributed by atoms with E-state index in [1.54, 1.807) is 25.1 Å². The predicted molar refractivity (Wildman–Crippen MR) is 82.0 cm³/mol. The van der Waals surface area contributed by atoms with Crippen molar-refractivity contribution in [2.24, 2.45) is 0 Å². The van der Waals surface area contributed by atoms with Crippen molar-refractivity contribution < 1.29 is 15.0 Å².